The fourth-order valence-electron chi connectivity index (χ4n) is 2.00. The number of hydrogen-bond donors (Lipinski definition) is 0. The molecule has 2 rings (SSSR count). The SMILES string of the molecule is Cc1cc(N2CC(CN=[N+]=[N-])CC2=O)cnc1Br. The summed E-state index contributed by atoms with van der Waals surface area (Å²) in [6, 6.07) is 1.92. The Kier molecular flexibility index (Phi) is 3.84. The minimum atomic E-state index is 0.0525. The molecule has 1 aromatic heterocycles. The molecule has 0 spiro atoms. The molecule has 2 heterocycles. The Bertz CT molecular complexity index is 526. The Morgan fingerprint density at radius 2 is 2.50 bits per heavy atom. The third-order valence-electron chi connectivity index (χ3n) is 2.92. The topological polar surface area (TPSA) is 82.0 Å². The van der Waals surface area contributed by atoms with Crippen LogP contribution in [0.4, 0.5) is 5.69 Å². The third kappa shape index (κ3) is 2.63. The number of azide groups is 1. The molecule has 1 amide bonds. The van der Waals surface area contributed by atoms with Crippen molar-refractivity contribution >= 4 is 27.5 Å². The molecule has 6 nitrogen and oxygen atoms in total. The minimum absolute atomic E-state index is 0.0525. The van der Waals surface area contributed by atoms with Crippen molar-refractivity contribution in [2.24, 2.45) is 11.0 Å². The number of hydrogen-bond acceptors (Lipinski definition) is 3. The molecule has 1 atom stereocenters. The van der Waals surface area contributed by atoms with Gasteiger partial charge in [-0.05, 0) is 45.9 Å². The molecular weight excluding hydrogens is 298 g/mol. The van der Waals surface area contributed by atoms with E-state index in [-0.39, 0.29) is 11.8 Å². The maximum atomic E-state index is 11.9. The molecule has 0 aromatic carbocycles. The first-order chi connectivity index (χ1) is 8.61. The van der Waals surface area contributed by atoms with Crippen LogP contribution < -0.4 is 4.90 Å². The monoisotopic (exact) mass is 309 g/mol. The quantitative estimate of drug-likeness (QED) is 0.372. The number of nitrogens with zero attached hydrogens (tertiary/aromatic N) is 5. The highest BCUT2D eigenvalue weighted by Gasteiger charge is 2.30. The molecule has 1 unspecified atom stereocenters. The van der Waals surface area contributed by atoms with Gasteiger partial charge in [0.15, 0.2) is 0 Å². The molecule has 0 aliphatic carbocycles. The number of halogens is 1. The summed E-state index contributed by atoms with van der Waals surface area (Å²) in [5.41, 5.74) is 10.1. The summed E-state index contributed by atoms with van der Waals surface area (Å²) in [5.74, 6) is 0.147. The summed E-state index contributed by atoms with van der Waals surface area (Å²) in [7, 11) is 0. The van der Waals surface area contributed by atoms with Crippen molar-refractivity contribution in [3.05, 3.63) is 32.9 Å². The molecular formula is C11H12BrN5O. The molecule has 7 heteroatoms. The van der Waals surface area contributed by atoms with Gasteiger partial charge in [-0.25, -0.2) is 4.98 Å². The maximum absolute atomic E-state index is 11.9. The number of carbonyl (C=O) groups excluding carboxylic acids is 1. The van der Waals surface area contributed by atoms with E-state index in [0.717, 1.165) is 15.9 Å². The number of anilines is 1. The number of carbonyl (C=O) groups is 1. The second kappa shape index (κ2) is 5.37. The van der Waals surface area contributed by atoms with Crippen molar-refractivity contribution < 1.29 is 4.79 Å². The summed E-state index contributed by atoms with van der Waals surface area (Å²) in [4.78, 5) is 20.5. The van der Waals surface area contributed by atoms with Crippen LogP contribution >= 0.6 is 15.9 Å². The fourth-order valence-corrected chi connectivity index (χ4v) is 2.21. The lowest BCUT2D eigenvalue weighted by Crippen LogP contribution is -2.25. The Labute approximate surface area is 113 Å². The Balaban J connectivity index is 2.16. The largest absolute Gasteiger partial charge is 0.311 e. The van der Waals surface area contributed by atoms with Crippen molar-refractivity contribution in [3.63, 3.8) is 0 Å². The molecule has 1 aliphatic rings. The van der Waals surface area contributed by atoms with E-state index in [1.165, 1.54) is 0 Å². The van der Waals surface area contributed by atoms with Gasteiger partial charge in [0.1, 0.15) is 4.60 Å². The number of aryl methyl sites for hydroxylation is 1. The van der Waals surface area contributed by atoms with Gasteiger partial charge in [0.25, 0.3) is 0 Å². The zero-order valence-corrected chi connectivity index (χ0v) is 11.5. The maximum Gasteiger partial charge on any atom is 0.227 e. The average Bonchev–Trinajstić information content (AvgIpc) is 2.71. The van der Waals surface area contributed by atoms with E-state index >= 15 is 0 Å². The summed E-state index contributed by atoms with van der Waals surface area (Å²) in [6.07, 6.45) is 2.10. The van der Waals surface area contributed by atoms with Gasteiger partial charge in [0.05, 0.1) is 11.9 Å². The van der Waals surface area contributed by atoms with Gasteiger partial charge in [0, 0.05) is 24.4 Å². The van der Waals surface area contributed by atoms with E-state index in [9.17, 15) is 4.79 Å². The van der Waals surface area contributed by atoms with Crippen molar-refractivity contribution in [3.8, 4) is 0 Å². The molecule has 0 N–H and O–H groups in total. The Morgan fingerprint density at radius 1 is 1.72 bits per heavy atom. The normalized spacial score (nSPS) is 18.9. The first-order valence-corrected chi connectivity index (χ1v) is 6.34. The van der Waals surface area contributed by atoms with Crippen molar-refractivity contribution in [2.45, 2.75) is 13.3 Å². The van der Waals surface area contributed by atoms with Gasteiger partial charge in [0.2, 0.25) is 5.91 Å². The van der Waals surface area contributed by atoms with E-state index in [2.05, 4.69) is 30.9 Å². The van der Waals surface area contributed by atoms with Crippen molar-refractivity contribution in [1.82, 2.24) is 4.98 Å². The summed E-state index contributed by atoms with van der Waals surface area (Å²) >= 11 is 3.33. The third-order valence-corrected chi connectivity index (χ3v) is 3.75. The molecule has 1 saturated heterocycles. The summed E-state index contributed by atoms with van der Waals surface area (Å²) in [5, 5.41) is 3.53. The molecule has 1 fully saturated rings. The van der Waals surface area contributed by atoms with Crippen molar-refractivity contribution in [1.29, 1.82) is 0 Å². The molecule has 94 valence electrons. The van der Waals surface area contributed by atoms with E-state index in [1.807, 2.05) is 13.0 Å². The van der Waals surface area contributed by atoms with E-state index in [4.69, 9.17) is 5.53 Å². The van der Waals surface area contributed by atoms with Crippen LogP contribution in [-0.2, 0) is 4.79 Å². The lowest BCUT2D eigenvalue weighted by Gasteiger charge is -2.16. The van der Waals surface area contributed by atoms with Crippen LogP contribution in [0.25, 0.3) is 10.4 Å². The standard InChI is InChI=1S/C11H12BrN5O/c1-7-2-9(5-14-11(7)12)17-6-8(3-10(17)18)4-15-16-13/h2,5,8H,3-4,6H2,1H3. The van der Waals surface area contributed by atoms with Gasteiger partial charge in [-0.15, -0.1) is 0 Å². The smallest absolute Gasteiger partial charge is 0.227 e. The summed E-state index contributed by atoms with van der Waals surface area (Å²) < 4.78 is 0.781. The molecule has 18 heavy (non-hydrogen) atoms. The fraction of sp³-hybridized carbons (Fsp3) is 0.455. The second-order valence-electron chi connectivity index (χ2n) is 4.29. The minimum Gasteiger partial charge on any atom is -0.311 e. The number of rotatable bonds is 3. The van der Waals surface area contributed by atoms with Crippen LogP contribution in [0, 0.1) is 12.8 Å². The van der Waals surface area contributed by atoms with Gasteiger partial charge >= 0.3 is 0 Å². The summed E-state index contributed by atoms with van der Waals surface area (Å²) in [6.45, 7) is 2.88. The first kappa shape index (κ1) is 12.9. The molecule has 0 bridgehead atoms. The number of aromatic nitrogens is 1. The first-order valence-electron chi connectivity index (χ1n) is 5.55. The van der Waals surface area contributed by atoms with Crippen LogP contribution in [0.5, 0.6) is 0 Å². The number of amides is 1. The Hall–Kier alpha value is -1.59. The van der Waals surface area contributed by atoms with Gasteiger partial charge in [-0.3, -0.25) is 4.79 Å². The highest BCUT2D eigenvalue weighted by atomic mass is 79.9. The molecule has 0 saturated carbocycles. The molecule has 1 aromatic rings. The predicted octanol–water partition coefficient (Wildman–Crippen LogP) is 2.82. The van der Waals surface area contributed by atoms with Gasteiger partial charge in [-0.2, -0.15) is 0 Å². The predicted molar refractivity (Wildman–Crippen MR) is 71.1 cm³/mol. The zero-order valence-electron chi connectivity index (χ0n) is 9.88. The molecule has 0 radical (unpaired) electrons. The van der Waals surface area contributed by atoms with Gasteiger partial charge < -0.3 is 4.90 Å². The number of pyridine rings is 1. The lowest BCUT2D eigenvalue weighted by atomic mass is 10.1. The zero-order chi connectivity index (χ0) is 13.1. The van der Waals surface area contributed by atoms with Crippen LogP contribution in [0.2, 0.25) is 0 Å². The second-order valence-corrected chi connectivity index (χ2v) is 5.04. The van der Waals surface area contributed by atoms with Crippen molar-refractivity contribution in [2.75, 3.05) is 18.0 Å². The average molecular weight is 310 g/mol. The van der Waals surface area contributed by atoms with Gasteiger partial charge in [-0.1, -0.05) is 5.11 Å². The van der Waals surface area contributed by atoms with E-state index in [0.29, 0.717) is 19.5 Å². The van der Waals surface area contributed by atoms with E-state index in [1.54, 1.807) is 11.1 Å². The Morgan fingerprint density at radius 3 is 3.17 bits per heavy atom. The molecule has 1 aliphatic heterocycles. The van der Waals surface area contributed by atoms with Crippen LogP contribution in [0.15, 0.2) is 22.0 Å². The highest BCUT2D eigenvalue weighted by molar-refractivity contribution is 9.10. The highest BCUT2D eigenvalue weighted by Crippen LogP contribution is 2.27. The van der Waals surface area contributed by atoms with Crippen LogP contribution in [0.3, 0.4) is 0 Å². The van der Waals surface area contributed by atoms with Crippen LogP contribution in [-0.4, -0.2) is 24.0 Å². The van der Waals surface area contributed by atoms with Crippen LogP contribution in [0.1, 0.15) is 12.0 Å². The van der Waals surface area contributed by atoms with E-state index < -0.39 is 0 Å². The lowest BCUT2D eigenvalue weighted by molar-refractivity contribution is -0.117.